The Morgan fingerprint density at radius 1 is 1.28 bits per heavy atom. The predicted molar refractivity (Wildman–Crippen MR) is 108 cm³/mol. The standard InChI is InChI=1S/C22H23N3O4/c1-3-28-19-11-16-10-14(2)29-20(16)12-17(19)13-24-22(27)15-4-6-18(7-5-15)25-21(26)8-9-23/h4-7,11-12,14H,3,8,10,13H2,1-2H3,(H,24,27)(H,25,26). The van der Waals surface area contributed by atoms with Crippen molar-refractivity contribution in [3.63, 3.8) is 0 Å². The molecule has 0 saturated carbocycles. The summed E-state index contributed by atoms with van der Waals surface area (Å²) < 4.78 is 11.5. The summed E-state index contributed by atoms with van der Waals surface area (Å²) in [4.78, 5) is 23.9. The van der Waals surface area contributed by atoms with Crippen molar-refractivity contribution in [2.24, 2.45) is 0 Å². The van der Waals surface area contributed by atoms with Crippen molar-refractivity contribution >= 4 is 17.5 Å². The summed E-state index contributed by atoms with van der Waals surface area (Å²) in [6.45, 7) is 4.79. The zero-order chi connectivity index (χ0) is 20.8. The Morgan fingerprint density at radius 3 is 2.72 bits per heavy atom. The highest BCUT2D eigenvalue weighted by Crippen LogP contribution is 2.35. The molecule has 0 spiro atoms. The lowest BCUT2D eigenvalue weighted by Crippen LogP contribution is -2.23. The zero-order valence-electron chi connectivity index (χ0n) is 16.5. The molecule has 0 saturated heterocycles. The van der Waals surface area contributed by atoms with Crippen LogP contribution in [-0.2, 0) is 17.8 Å². The van der Waals surface area contributed by atoms with E-state index in [4.69, 9.17) is 14.7 Å². The number of fused-ring (bicyclic) bond motifs is 1. The molecule has 0 aromatic heterocycles. The summed E-state index contributed by atoms with van der Waals surface area (Å²) in [5.41, 5.74) is 2.97. The number of benzene rings is 2. The first kappa shape index (κ1) is 20.2. The number of hydrogen-bond donors (Lipinski definition) is 2. The Labute approximate surface area is 169 Å². The summed E-state index contributed by atoms with van der Waals surface area (Å²) in [6.07, 6.45) is 0.768. The molecule has 3 rings (SSSR count). The van der Waals surface area contributed by atoms with Crippen LogP contribution in [0, 0.1) is 11.3 Å². The number of nitriles is 1. The molecule has 0 aliphatic carbocycles. The van der Waals surface area contributed by atoms with Gasteiger partial charge in [0.2, 0.25) is 5.91 Å². The van der Waals surface area contributed by atoms with Gasteiger partial charge in [-0.25, -0.2) is 0 Å². The number of carbonyl (C=O) groups is 2. The van der Waals surface area contributed by atoms with Crippen LogP contribution >= 0.6 is 0 Å². The molecule has 2 N–H and O–H groups in total. The average molecular weight is 393 g/mol. The van der Waals surface area contributed by atoms with E-state index < -0.39 is 0 Å². The van der Waals surface area contributed by atoms with Crippen molar-refractivity contribution in [3.8, 4) is 17.6 Å². The summed E-state index contributed by atoms with van der Waals surface area (Å²) in [6, 6.07) is 12.2. The normalized spacial score (nSPS) is 14.3. The maximum Gasteiger partial charge on any atom is 0.251 e. The second-order valence-corrected chi connectivity index (χ2v) is 6.78. The number of rotatable bonds is 7. The van der Waals surface area contributed by atoms with Gasteiger partial charge < -0.3 is 20.1 Å². The third-order valence-electron chi connectivity index (χ3n) is 4.49. The zero-order valence-corrected chi connectivity index (χ0v) is 16.5. The molecule has 7 nitrogen and oxygen atoms in total. The molecule has 1 heterocycles. The smallest absolute Gasteiger partial charge is 0.251 e. The van der Waals surface area contributed by atoms with E-state index in [2.05, 4.69) is 10.6 Å². The van der Waals surface area contributed by atoms with E-state index in [1.165, 1.54) is 0 Å². The first-order chi connectivity index (χ1) is 14.0. The second-order valence-electron chi connectivity index (χ2n) is 6.78. The van der Waals surface area contributed by atoms with Crippen LogP contribution in [0.2, 0.25) is 0 Å². The fourth-order valence-electron chi connectivity index (χ4n) is 3.17. The highest BCUT2D eigenvalue weighted by molar-refractivity contribution is 5.96. The number of anilines is 1. The van der Waals surface area contributed by atoms with Gasteiger partial charge in [-0.1, -0.05) is 0 Å². The monoisotopic (exact) mass is 393 g/mol. The summed E-state index contributed by atoms with van der Waals surface area (Å²) >= 11 is 0. The number of ether oxygens (including phenoxy) is 2. The van der Waals surface area contributed by atoms with E-state index in [9.17, 15) is 9.59 Å². The van der Waals surface area contributed by atoms with Gasteiger partial charge in [0, 0.05) is 35.3 Å². The summed E-state index contributed by atoms with van der Waals surface area (Å²) in [5, 5.41) is 14.0. The molecular weight excluding hydrogens is 370 g/mol. The Hall–Kier alpha value is -3.53. The van der Waals surface area contributed by atoms with Gasteiger partial charge in [-0.3, -0.25) is 9.59 Å². The molecule has 1 aliphatic heterocycles. The van der Waals surface area contributed by atoms with Crippen LogP contribution in [-0.4, -0.2) is 24.5 Å². The van der Waals surface area contributed by atoms with Gasteiger partial charge in [0.05, 0.1) is 12.7 Å². The van der Waals surface area contributed by atoms with E-state index in [-0.39, 0.29) is 24.3 Å². The van der Waals surface area contributed by atoms with Crippen LogP contribution in [0.1, 0.15) is 41.8 Å². The minimum absolute atomic E-state index is 0.136. The Kier molecular flexibility index (Phi) is 6.35. The number of nitrogens with one attached hydrogen (secondary N) is 2. The van der Waals surface area contributed by atoms with E-state index >= 15 is 0 Å². The molecule has 2 aromatic carbocycles. The molecule has 1 aliphatic rings. The van der Waals surface area contributed by atoms with Crippen molar-refractivity contribution in [1.82, 2.24) is 5.32 Å². The van der Waals surface area contributed by atoms with E-state index in [0.29, 0.717) is 24.4 Å². The molecule has 1 unspecified atom stereocenters. The molecule has 1 atom stereocenters. The molecule has 2 amide bonds. The predicted octanol–water partition coefficient (Wildman–Crippen LogP) is 3.19. The maximum absolute atomic E-state index is 12.5. The molecule has 0 bridgehead atoms. The van der Waals surface area contributed by atoms with Gasteiger partial charge in [0.15, 0.2) is 0 Å². The van der Waals surface area contributed by atoms with Crippen LogP contribution in [0.5, 0.6) is 11.5 Å². The van der Waals surface area contributed by atoms with Crippen molar-refractivity contribution in [1.29, 1.82) is 5.26 Å². The molecule has 150 valence electrons. The van der Waals surface area contributed by atoms with E-state index in [0.717, 1.165) is 29.0 Å². The summed E-state index contributed by atoms with van der Waals surface area (Å²) in [7, 11) is 0. The van der Waals surface area contributed by atoms with Crippen LogP contribution in [0.4, 0.5) is 5.69 Å². The number of carbonyl (C=O) groups excluding carboxylic acids is 2. The molecular formula is C22H23N3O4. The Balaban J connectivity index is 1.65. The van der Waals surface area contributed by atoms with Crippen LogP contribution in [0.15, 0.2) is 36.4 Å². The maximum atomic E-state index is 12.5. The van der Waals surface area contributed by atoms with Gasteiger partial charge in [0.25, 0.3) is 5.91 Å². The lowest BCUT2D eigenvalue weighted by molar-refractivity contribution is -0.115. The van der Waals surface area contributed by atoms with Gasteiger partial charge in [-0.05, 0) is 50.2 Å². The highest BCUT2D eigenvalue weighted by atomic mass is 16.5. The van der Waals surface area contributed by atoms with Crippen molar-refractivity contribution in [2.75, 3.05) is 11.9 Å². The highest BCUT2D eigenvalue weighted by Gasteiger charge is 2.22. The van der Waals surface area contributed by atoms with Gasteiger partial charge in [0.1, 0.15) is 24.0 Å². The average Bonchev–Trinajstić information content (AvgIpc) is 3.05. The largest absolute Gasteiger partial charge is 0.494 e. The lowest BCUT2D eigenvalue weighted by Gasteiger charge is -2.13. The number of nitrogens with zero attached hydrogens (tertiary/aromatic N) is 1. The lowest BCUT2D eigenvalue weighted by atomic mass is 10.1. The number of amides is 2. The van der Waals surface area contributed by atoms with Crippen molar-refractivity contribution < 1.29 is 19.1 Å². The fraction of sp³-hybridized carbons (Fsp3) is 0.318. The topological polar surface area (TPSA) is 100 Å². The van der Waals surface area contributed by atoms with Crippen molar-refractivity contribution in [2.45, 2.75) is 39.3 Å². The quantitative estimate of drug-likeness (QED) is 0.752. The second kappa shape index (κ2) is 9.11. The molecule has 0 fully saturated rings. The third kappa shape index (κ3) is 5.05. The van der Waals surface area contributed by atoms with Gasteiger partial charge >= 0.3 is 0 Å². The first-order valence-electron chi connectivity index (χ1n) is 9.50. The molecule has 29 heavy (non-hydrogen) atoms. The van der Waals surface area contributed by atoms with Crippen LogP contribution in [0.3, 0.4) is 0 Å². The van der Waals surface area contributed by atoms with Crippen LogP contribution in [0.25, 0.3) is 0 Å². The van der Waals surface area contributed by atoms with Crippen LogP contribution < -0.4 is 20.1 Å². The first-order valence-corrected chi connectivity index (χ1v) is 9.50. The summed E-state index contributed by atoms with van der Waals surface area (Å²) in [5.74, 6) is 0.959. The van der Waals surface area contributed by atoms with Gasteiger partial charge in [-0.15, -0.1) is 0 Å². The SMILES string of the molecule is CCOc1cc2c(cc1CNC(=O)c1ccc(NC(=O)CC#N)cc1)OC(C)C2. The molecule has 7 heteroatoms. The number of hydrogen-bond acceptors (Lipinski definition) is 5. The third-order valence-corrected chi connectivity index (χ3v) is 4.49. The van der Waals surface area contributed by atoms with E-state index in [1.54, 1.807) is 30.3 Å². The Bertz CT molecular complexity index is 948. The Morgan fingerprint density at radius 2 is 2.03 bits per heavy atom. The minimum atomic E-state index is -0.388. The fourth-order valence-corrected chi connectivity index (χ4v) is 3.17. The van der Waals surface area contributed by atoms with Crippen molar-refractivity contribution in [3.05, 3.63) is 53.1 Å². The minimum Gasteiger partial charge on any atom is -0.494 e. The van der Waals surface area contributed by atoms with E-state index in [1.807, 2.05) is 26.0 Å². The van der Waals surface area contributed by atoms with Gasteiger partial charge in [-0.2, -0.15) is 5.26 Å². The molecule has 2 aromatic rings. The molecule has 0 radical (unpaired) electrons.